The van der Waals surface area contributed by atoms with E-state index >= 15 is 0 Å². The van der Waals surface area contributed by atoms with Crippen LogP contribution in [0.15, 0.2) is 0 Å². The van der Waals surface area contributed by atoms with Gasteiger partial charge in [-0.25, -0.2) is 0 Å². The smallest absolute Gasteiger partial charge is 0.287 e. The van der Waals surface area contributed by atoms with Crippen molar-refractivity contribution in [3.63, 3.8) is 0 Å². The minimum Gasteiger partial charge on any atom is -0.363 e. The zero-order valence-electron chi connectivity index (χ0n) is 22.1. The summed E-state index contributed by atoms with van der Waals surface area (Å²) < 4.78 is 0. The van der Waals surface area contributed by atoms with E-state index in [4.69, 9.17) is 5.73 Å². The first-order valence-electron chi connectivity index (χ1n) is 13.5. The predicted molar refractivity (Wildman–Crippen MR) is 135 cm³/mol. The van der Waals surface area contributed by atoms with Crippen LogP contribution >= 0.6 is 0 Å². The van der Waals surface area contributed by atoms with Crippen LogP contribution in [-0.4, -0.2) is 59.5 Å². The molecule has 4 fully saturated rings. The Morgan fingerprint density at radius 3 is 1.91 bits per heavy atom. The maximum atomic E-state index is 12.7. The lowest BCUT2D eigenvalue weighted by atomic mass is 10.0. The number of nitrogens with one attached hydrogen (secondary N) is 2. The lowest BCUT2D eigenvalue weighted by molar-refractivity contribution is -0.141. The maximum absolute atomic E-state index is 12.7. The molecule has 0 aromatic rings. The Labute approximate surface area is 210 Å². The molecule has 4 rings (SSSR count). The van der Waals surface area contributed by atoms with Gasteiger partial charge in [0.05, 0.1) is 12.6 Å². The Morgan fingerprint density at radius 2 is 1.46 bits per heavy atom. The third kappa shape index (κ3) is 12.2. The number of likely N-dealkylation sites (tertiary alicyclic amines) is 1. The first-order chi connectivity index (χ1) is 16.8. The monoisotopic (exact) mass is 494 g/mol. The number of hydrogen-bond donors (Lipinski definition) is 3. The Morgan fingerprint density at radius 1 is 0.886 bits per heavy atom. The second kappa shape index (κ2) is 16.3. The number of nitrogens with two attached hydrogens (primary N) is 1. The first kappa shape index (κ1) is 30.6. The molecule has 2 atom stereocenters. The third-order valence-electron chi connectivity index (χ3n) is 5.73. The van der Waals surface area contributed by atoms with E-state index < -0.39 is 29.7 Å². The Balaban J connectivity index is 0.000000667. The first-order valence-corrected chi connectivity index (χ1v) is 13.5. The van der Waals surface area contributed by atoms with Gasteiger partial charge < -0.3 is 21.3 Å². The van der Waals surface area contributed by atoms with E-state index in [2.05, 4.69) is 24.5 Å². The summed E-state index contributed by atoms with van der Waals surface area (Å²) in [5, 5.41) is 5.23. The van der Waals surface area contributed by atoms with E-state index in [-0.39, 0.29) is 24.3 Å². The highest BCUT2D eigenvalue weighted by molar-refractivity contribution is 6.37. The number of hydrogen-bond acceptors (Lipinski definition) is 5. The lowest BCUT2D eigenvalue weighted by Gasteiger charge is -2.26. The molecule has 4 amide bonds. The van der Waals surface area contributed by atoms with Crippen LogP contribution in [0, 0.1) is 11.8 Å². The fraction of sp³-hybridized carbons (Fsp3) is 0.808. The van der Waals surface area contributed by atoms with Crippen molar-refractivity contribution in [2.45, 2.75) is 110 Å². The van der Waals surface area contributed by atoms with Gasteiger partial charge in [0, 0.05) is 12.5 Å². The molecule has 4 N–H and O–H groups in total. The van der Waals surface area contributed by atoms with Gasteiger partial charge in [0.25, 0.3) is 5.91 Å². The van der Waals surface area contributed by atoms with Gasteiger partial charge in [-0.3, -0.25) is 24.0 Å². The van der Waals surface area contributed by atoms with Gasteiger partial charge in [-0.1, -0.05) is 66.2 Å². The minimum atomic E-state index is -1.07. The van der Waals surface area contributed by atoms with Crippen LogP contribution in [0.1, 0.15) is 98.3 Å². The highest BCUT2D eigenvalue weighted by atomic mass is 16.2. The van der Waals surface area contributed by atoms with Gasteiger partial charge in [0.15, 0.2) is 0 Å². The summed E-state index contributed by atoms with van der Waals surface area (Å²) in [6, 6.07) is -1.63. The van der Waals surface area contributed by atoms with Crippen molar-refractivity contribution in [2.24, 2.45) is 17.6 Å². The Bertz CT molecular complexity index is 714. The predicted octanol–water partition coefficient (Wildman–Crippen LogP) is 2.46. The molecule has 3 saturated carbocycles. The van der Waals surface area contributed by atoms with Crippen LogP contribution in [0.25, 0.3) is 0 Å². The van der Waals surface area contributed by atoms with Crippen LogP contribution in [0.2, 0.25) is 0 Å². The van der Waals surface area contributed by atoms with Gasteiger partial charge in [-0.15, -0.1) is 0 Å². The van der Waals surface area contributed by atoms with Crippen molar-refractivity contribution in [1.82, 2.24) is 15.5 Å². The number of rotatable bonds is 9. The molecular formula is C26H46N4O5. The normalized spacial score (nSPS) is 20.3. The summed E-state index contributed by atoms with van der Waals surface area (Å²) >= 11 is 0. The van der Waals surface area contributed by atoms with Crippen LogP contribution in [0.4, 0.5) is 0 Å². The van der Waals surface area contributed by atoms with E-state index in [0.717, 1.165) is 25.7 Å². The van der Waals surface area contributed by atoms with Crippen molar-refractivity contribution in [3.8, 4) is 0 Å². The number of nitrogens with zero attached hydrogens (tertiary/aromatic N) is 1. The average Bonchev–Trinajstić information content (AvgIpc) is 3.69. The zero-order chi connectivity index (χ0) is 26.4. The number of ketones is 1. The van der Waals surface area contributed by atoms with Crippen LogP contribution in [0.5, 0.6) is 0 Å². The summed E-state index contributed by atoms with van der Waals surface area (Å²) in [4.78, 5) is 61.4. The summed E-state index contributed by atoms with van der Waals surface area (Å²) in [5.74, 6) is -2.43. The van der Waals surface area contributed by atoms with Crippen molar-refractivity contribution < 1.29 is 24.0 Å². The van der Waals surface area contributed by atoms with Crippen molar-refractivity contribution in [2.75, 3.05) is 13.1 Å². The summed E-state index contributed by atoms with van der Waals surface area (Å²) in [6.45, 7) is 8.54. The lowest BCUT2D eigenvalue weighted by Crippen LogP contribution is -2.54. The molecule has 9 nitrogen and oxygen atoms in total. The van der Waals surface area contributed by atoms with Crippen molar-refractivity contribution >= 4 is 29.4 Å². The summed E-state index contributed by atoms with van der Waals surface area (Å²) in [7, 11) is 0. The second-order valence-electron chi connectivity index (χ2n) is 9.47. The number of carbonyl (C=O) groups excluding carboxylic acids is 5. The molecule has 1 heterocycles. The molecule has 1 saturated heterocycles. The molecule has 200 valence electrons. The zero-order valence-corrected chi connectivity index (χ0v) is 22.1. The molecule has 1 aliphatic heterocycles. The fourth-order valence-corrected chi connectivity index (χ4v) is 3.45. The highest BCUT2D eigenvalue weighted by Crippen LogP contribution is 2.34. The van der Waals surface area contributed by atoms with Crippen LogP contribution in [-0.2, 0) is 24.0 Å². The molecule has 0 aromatic heterocycles. The molecule has 0 spiro atoms. The molecule has 2 unspecified atom stereocenters. The number of primary amides is 1. The summed E-state index contributed by atoms with van der Waals surface area (Å²) in [6.07, 6.45) is 10.9. The highest BCUT2D eigenvalue weighted by Gasteiger charge is 2.38. The maximum Gasteiger partial charge on any atom is 0.287 e. The Hall–Kier alpha value is -2.45. The van der Waals surface area contributed by atoms with Crippen LogP contribution in [0.3, 0.4) is 0 Å². The van der Waals surface area contributed by atoms with Gasteiger partial charge in [0.1, 0.15) is 6.04 Å². The second-order valence-corrected chi connectivity index (χ2v) is 9.47. The van der Waals surface area contributed by atoms with Gasteiger partial charge in [-0.05, 0) is 38.0 Å². The quantitative estimate of drug-likeness (QED) is 0.423. The van der Waals surface area contributed by atoms with Gasteiger partial charge in [-0.2, -0.15) is 0 Å². The van der Waals surface area contributed by atoms with Gasteiger partial charge in [0.2, 0.25) is 23.5 Å². The van der Waals surface area contributed by atoms with E-state index in [1.165, 1.54) is 30.6 Å². The van der Waals surface area contributed by atoms with Crippen LogP contribution < -0.4 is 16.4 Å². The fourth-order valence-electron chi connectivity index (χ4n) is 3.45. The standard InChI is InChI=1S/C18H26N4O5.C3H6.C3H8.C2H6/c19-16(25)15(24)12(8-10-3-4-10)21-18(27)13-2-1-7-22(13)14(23)9-20-17(26)11-5-6-11;1-2-3-1;1-3-2;1-2/h10-13H,1-9H2,(H2,19,25)(H,20,26)(H,21,27);1-3H2;3H2,1-2H3;1-2H3. The molecule has 3 aliphatic carbocycles. The largest absolute Gasteiger partial charge is 0.363 e. The summed E-state index contributed by atoms with van der Waals surface area (Å²) in [5.41, 5.74) is 5.09. The van der Waals surface area contributed by atoms with E-state index in [0.29, 0.717) is 31.7 Å². The van der Waals surface area contributed by atoms with E-state index in [9.17, 15) is 24.0 Å². The number of amides is 4. The van der Waals surface area contributed by atoms with E-state index in [1.54, 1.807) is 0 Å². The minimum absolute atomic E-state index is 0.0125. The van der Waals surface area contributed by atoms with Gasteiger partial charge >= 0.3 is 0 Å². The molecule has 35 heavy (non-hydrogen) atoms. The SMILES string of the molecule is C1CC1.CC.CCC.NC(=O)C(=O)C(CC1CC1)NC(=O)C1CCCN1C(=O)CNC(=O)C1CC1. The molecule has 0 aromatic carbocycles. The van der Waals surface area contributed by atoms with Crippen molar-refractivity contribution in [1.29, 1.82) is 0 Å². The molecule has 4 aliphatic rings. The molecule has 9 heteroatoms. The molecular weight excluding hydrogens is 448 g/mol. The number of Topliss-reactive ketones (excluding diaryl/α,β-unsaturated/α-hetero) is 1. The van der Waals surface area contributed by atoms with E-state index in [1.807, 2.05) is 13.8 Å². The topological polar surface area (TPSA) is 139 Å². The average molecular weight is 495 g/mol. The third-order valence-corrected chi connectivity index (χ3v) is 5.73. The molecule has 0 radical (unpaired) electrons. The Kier molecular flexibility index (Phi) is 14.2. The van der Waals surface area contributed by atoms with Crippen molar-refractivity contribution in [3.05, 3.63) is 0 Å². The molecule has 0 bridgehead atoms. The number of carbonyl (C=O) groups is 5.